The molecule has 1 fully saturated rings. The summed E-state index contributed by atoms with van der Waals surface area (Å²) in [6, 6.07) is -0.0446. The van der Waals surface area contributed by atoms with Crippen molar-refractivity contribution < 1.29 is 13.9 Å². The van der Waals surface area contributed by atoms with Gasteiger partial charge in [-0.3, -0.25) is 0 Å². The number of likely N-dealkylation sites (tertiary alicyclic amines) is 1. The van der Waals surface area contributed by atoms with Crippen LogP contribution in [0.3, 0.4) is 0 Å². The predicted molar refractivity (Wildman–Crippen MR) is 90.8 cm³/mol. The van der Waals surface area contributed by atoms with Crippen LogP contribution in [0.4, 0.5) is 15.0 Å². The number of imidazole rings is 1. The molecule has 2 aromatic heterocycles. The van der Waals surface area contributed by atoms with Crippen LogP contribution in [0, 0.1) is 6.08 Å². The van der Waals surface area contributed by atoms with E-state index in [4.69, 9.17) is 4.74 Å². The van der Waals surface area contributed by atoms with E-state index < -0.39 is 11.7 Å². The number of ether oxygens (including phenoxy) is 1. The first-order valence-corrected chi connectivity index (χ1v) is 8.39. The van der Waals surface area contributed by atoms with Gasteiger partial charge in [0.2, 0.25) is 0 Å². The summed E-state index contributed by atoms with van der Waals surface area (Å²) in [7, 11) is 0. The smallest absolute Gasteiger partial charge is 0.410 e. The van der Waals surface area contributed by atoms with E-state index in [0.29, 0.717) is 36.6 Å². The Morgan fingerprint density at radius 1 is 1.44 bits per heavy atom. The Hall–Kier alpha value is -2.45. The molecule has 3 heterocycles. The molecule has 0 bridgehead atoms. The van der Waals surface area contributed by atoms with Crippen molar-refractivity contribution in [1.82, 2.24) is 24.4 Å². The van der Waals surface area contributed by atoms with E-state index in [0.717, 1.165) is 6.42 Å². The molecule has 0 aromatic carbocycles. The van der Waals surface area contributed by atoms with Gasteiger partial charge in [-0.25, -0.2) is 9.78 Å². The van der Waals surface area contributed by atoms with Crippen LogP contribution in [0.2, 0.25) is 0 Å². The molecule has 1 saturated heterocycles. The molecule has 0 saturated carbocycles. The van der Waals surface area contributed by atoms with Crippen LogP contribution in [-0.2, 0) is 11.3 Å². The highest BCUT2D eigenvalue weighted by molar-refractivity contribution is 5.83. The summed E-state index contributed by atoms with van der Waals surface area (Å²) in [5.41, 5.74) is 0.454. The van der Waals surface area contributed by atoms with E-state index >= 15 is 0 Å². The maximum atomic E-state index is 13.8. The lowest BCUT2D eigenvalue weighted by Crippen LogP contribution is -2.36. The predicted octanol–water partition coefficient (Wildman–Crippen LogP) is 2.41. The topological polar surface area (TPSA) is 85.2 Å². The van der Waals surface area contributed by atoms with Crippen LogP contribution in [0.25, 0.3) is 11.2 Å². The van der Waals surface area contributed by atoms with E-state index in [-0.39, 0.29) is 12.1 Å². The van der Waals surface area contributed by atoms with Crippen LogP contribution in [0.5, 0.6) is 0 Å². The van der Waals surface area contributed by atoms with Crippen LogP contribution >= 0.6 is 0 Å². The largest absolute Gasteiger partial charge is 0.444 e. The van der Waals surface area contributed by atoms with Crippen molar-refractivity contribution in [3.8, 4) is 0 Å². The van der Waals surface area contributed by atoms with Gasteiger partial charge in [0, 0.05) is 25.7 Å². The Kier molecular flexibility index (Phi) is 4.49. The van der Waals surface area contributed by atoms with Gasteiger partial charge in [-0.05, 0) is 34.1 Å². The second kappa shape index (κ2) is 6.45. The van der Waals surface area contributed by atoms with Crippen molar-refractivity contribution in [1.29, 1.82) is 0 Å². The molecule has 0 radical (unpaired) electrons. The van der Waals surface area contributed by atoms with Crippen LogP contribution in [0.1, 0.15) is 34.1 Å². The highest BCUT2D eigenvalue weighted by Gasteiger charge is 2.30. The lowest BCUT2D eigenvalue weighted by atomic mass is 10.2. The normalized spacial score (nSPS) is 18.0. The highest BCUT2D eigenvalue weighted by Crippen LogP contribution is 2.22. The number of carbonyl (C=O) groups is 1. The summed E-state index contributed by atoms with van der Waals surface area (Å²) in [5, 5.41) is 3.19. The fraction of sp³-hybridized carbons (Fsp3) is 0.625. The number of hydrogen-bond donors (Lipinski definition) is 1. The average molecular weight is 350 g/mol. The Labute approximate surface area is 145 Å². The van der Waals surface area contributed by atoms with Crippen LogP contribution in [0.15, 0.2) is 6.33 Å². The summed E-state index contributed by atoms with van der Waals surface area (Å²) in [6.45, 7) is 9.12. The van der Waals surface area contributed by atoms with Gasteiger partial charge < -0.3 is 19.5 Å². The molecule has 1 aliphatic heterocycles. The molecular weight excluding hydrogens is 327 g/mol. The average Bonchev–Trinajstić information content (AvgIpc) is 3.12. The van der Waals surface area contributed by atoms with Gasteiger partial charge in [-0.15, -0.1) is 0 Å². The monoisotopic (exact) mass is 350 g/mol. The maximum absolute atomic E-state index is 13.8. The van der Waals surface area contributed by atoms with Gasteiger partial charge in [0.15, 0.2) is 17.0 Å². The molecule has 136 valence electrons. The molecule has 25 heavy (non-hydrogen) atoms. The lowest BCUT2D eigenvalue weighted by molar-refractivity contribution is 0.0293. The molecule has 8 nitrogen and oxygen atoms in total. The first-order valence-electron chi connectivity index (χ1n) is 8.39. The van der Waals surface area contributed by atoms with E-state index in [1.807, 2.05) is 27.7 Å². The molecule has 1 amide bonds. The van der Waals surface area contributed by atoms with Crippen molar-refractivity contribution in [2.45, 2.75) is 52.3 Å². The zero-order valence-electron chi connectivity index (χ0n) is 14.9. The number of nitrogens with zero attached hydrogens (tertiary/aromatic N) is 5. The number of fused-ring (bicyclic) bond motifs is 1. The van der Waals surface area contributed by atoms with Gasteiger partial charge in [0.05, 0.1) is 6.33 Å². The third kappa shape index (κ3) is 3.80. The van der Waals surface area contributed by atoms with Gasteiger partial charge in [0.1, 0.15) is 5.60 Å². The molecule has 1 atom stereocenters. The number of anilines is 1. The molecule has 0 aliphatic carbocycles. The quantitative estimate of drug-likeness (QED) is 0.856. The Morgan fingerprint density at radius 3 is 2.88 bits per heavy atom. The minimum absolute atomic E-state index is 0.0446. The van der Waals surface area contributed by atoms with Crippen molar-refractivity contribution in [3.05, 3.63) is 12.4 Å². The summed E-state index contributed by atoms with van der Waals surface area (Å²) in [4.78, 5) is 25.7. The third-order valence-electron chi connectivity index (χ3n) is 3.96. The van der Waals surface area contributed by atoms with Crippen LogP contribution in [-0.4, -0.2) is 55.2 Å². The minimum Gasteiger partial charge on any atom is -0.444 e. The Bertz CT molecular complexity index is 785. The molecular formula is C16H23FN6O2. The van der Waals surface area contributed by atoms with E-state index in [1.165, 1.54) is 0 Å². The molecule has 2 aromatic rings. The standard InChI is InChI=1S/C16H23FN6O2/c1-5-22-9-18-11-12(20-14(17)21-13(11)22)19-10-6-7-23(8-10)15(24)25-16(2,3)4/h9-10H,5-8H2,1-4H3,(H,19,20,21)/t10-/m0/s1. The molecule has 3 rings (SSSR count). The highest BCUT2D eigenvalue weighted by atomic mass is 19.1. The molecule has 0 spiro atoms. The van der Waals surface area contributed by atoms with Gasteiger partial charge in [-0.1, -0.05) is 0 Å². The van der Waals surface area contributed by atoms with Crippen molar-refractivity contribution >= 4 is 23.1 Å². The molecule has 1 aliphatic rings. The van der Waals surface area contributed by atoms with E-state index in [9.17, 15) is 9.18 Å². The fourth-order valence-corrected chi connectivity index (χ4v) is 2.81. The second-order valence-electron chi connectivity index (χ2n) is 7.10. The molecule has 9 heteroatoms. The zero-order valence-corrected chi connectivity index (χ0v) is 14.9. The number of rotatable bonds is 3. The Balaban J connectivity index is 1.73. The number of aromatic nitrogens is 4. The lowest BCUT2D eigenvalue weighted by Gasteiger charge is -2.24. The number of amides is 1. The number of hydrogen-bond acceptors (Lipinski definition) is 6. The van der Waals surface area contributed by atoms with Gasteiger partial charge in [0.25, 0.3) is 0 Å². The first-order chi connectivity index (χ1) is 11.8. The fourth-order valence-electron chi connectivity index (χ4n) is 2.81. The third-order valence-corrected chi connectivity index (χ3v) is 3.96. The van der Waals surface area contributed by atoms with Crippen molar-refractivity contribution in [2.75, 3.05) is 18.4 Å². The first kappa shape index (κ1) is 17.4. The number of carbonyl (C=O) groups excluding carboxylic acids is 1. The number of nitrogens with one attached hydrogen (secondary N) is 1. The minimum atomic E-state index is -0.799. The molecule has 0 unspecified atom stereocenters. The maximum Gasteiger partial charge on any atom is 0.410 e. The summed E-state index contributed by atoms with van der Waals surface area (Å²) in [6.07, 6.45) is 1.20. The summed E-state index contributed by atoms with van der Waals surface area (Å²) < 4.78 is 20.9. The number of aryl methyl sites for hydroxylation is 1. The summed E-state index contributed by atoms with van der Waals surface area (Å²) in [5.74, 6) is 0.353. The summed E-state index contributed by atoms with van der Waals surface area (Å²) >= 11 is 0. The molecule has 1 N–H and O–H groups in total. The SMILES string of the molecule is CCn1cnc2c(N[C@H]3CCN(C(=O)OC(C)(C)C)C3)nc(F)nc21. The van der Waals surface area contributed by atoms with Gasteiger partial charge >= 0.3 is 12.2 Å². The van der Waals surface area contributed by atoms with E-state index in [2.05, 4.69) is 20.3 Å². The zero-order chi connectivity index (χ0) is 18.2. The number of halogens is 1. The Morgan fingerprint density at radius 2 is 2.20 bits per heavy atom. The second-order valence-corrected chi connectivity index (χ2v) is 7.10. The van der Waals surface area contributed by atoms with Gasteiger partial charge in [-0.2, -0.15) is 14.4 Å². The van der Waals surface area contributed by atoms with Crippen molar-refractivity contribution in [2.24, 2.45) is 0 Å². The van der Waals surface area contributed by atoms with Crippen LogP contribution < -0.4 is 5.32 Å². The van der Waals surface area contributed by atoms with Crippen molar-refractivity contribution in [3.63, 3.8) is 0 Å². The van der Waals surface area contributed by atoms with E-state index in [1.54, 1.807) is 15.8 Å².